The summed E-state index contributed by atoms with van der Waals surface area (Å²) in [5.41, 5.74) is 0.553. The molecule has 0 aliphatic carbocycles. The van der Waals surface area contributed by atoms with Crippen molar-refractivity contribution in [3.63, 3.8) is 0 Å². The number of benzene rings is 1. The number of hydrogen-bond donors (Lipinski definition) is 0. The Hall–Kier alpha value is -1.82. The molecular formula is C13H12FNO3S. The third kappa shape index (κ3) is 2.96. The summed E-state index contributed by atoms with van der Waals surface area (Å²) in [6.45, 7) is 1.97. The molecule has 2 aromatic rings. The van der Waals surface area contributed by atoms with Crippen molar-refractivity contribution >= 4 is 17.7 Å². The van der Waals surface area contributed by atoms with E-state index >= 15 is 0 Å². The van der Waals surface area contributed by atoms with Crippen LogP contribution in [0.3, 0.4) is 0 Å². The van der Waals surface area contributed by atoms with Gasteiger partial charge in [-0.1, -0.05) is 0 Å². The van der Waals surface area contributed by atoms with Crippen LogP contribution in [0.2, 0.25) is 0 Å². The van der Waals surface area contributed by atoms with Gasteiger partial charge >= 0.3 is 5.97 Å². The molecule has 0 N–H and O–H groups in total. The van der Waals surface area contributed by atoms with Gasteiger partial charge in [0, 0.05) is 10.5 Å². The molecule has 1 aromatic carbocycles. The van der Waals surface area contributed by atoms with Gasteiger partial charge in [-0.2, -0.15) is 0 Å². The molecule has 0 spiro atoms. The van der Waals surface area contributed by atoms with Crippen LogP contribution < -0.4 is 0 Å². The van der Waals surface area contributed by atoms with E-state index < -0.39 is 5.97 Å². The number of rotatable bonds is 4. The monoisotopic (exact) mass is 281 g/mol. The lowest BCUT2D eigenvalue weighted by Crippen LogP contribution is -2.04. The van der Waals surface area contributed by atoms with E-state index in [4.69, 9.17) is 9.15 Å². The van der Waals surface area contributed by atoms with Crippen LogP contribution in [0.5, 0.6) is 0 Å². The molecule has 1 aromatic heterocycles. The first-order valence-electron chi connectivity index (χ1n) is 5.62. The molecule has 0 saturated heterocycles. The topological polar surface area (TPSA) is 52.3 Å². The van der Waals surface area contributed by atoms with E-state index in [2.05, 4.69) is 4.98 Å². The SMILES string of the molecule is CCOC(=O)c1coc(-c2ccc(SC)c(F)c2)n1. The van der Waals surface area contributed by atoms with Gasteiger partial charge in [-0.3, -0.25) is 0 Å². The van der Waals surface area contributed by atoms with Gasteiger partial charge in [0.25, 0.3) is 0 Å². The number of aromatic nitrogens is 1. The van der Waals surface area contributed by atoms with Gasteiger partial charge in [0.15, 0.2) is 5.69 Å². The van der Waals surface area contributed by atoms with Crippen molar-refractivity contribution in [3.8, 4) is 11.5 Å². The van der Waals surface area contributed by atoms with Crippen molar-refractivity contribution in [2.45, 2.75) is 11.8 Å². The van der Waals surface area contributed by atoms with Crippen LogP contribution in [0.25, 0.3) is 11.5 Å². The van der Waals surface area contributed by atoms with Crippen LogP contribution in [-0.2, 0) is 4.74 Å². The van der Waals surface area contributed by atoms with Gasteiger partial charge in [-0.15, -0.1) is 11.8 Å². The number of thioether (sulfide) groups is 1. The van der Waals surface area contributed by atoms with Crippen molar-refractivity contribution in [2.24, 2.45) is 0 Å². The number of esters is 1. The maximum Gasteiger partial charge on any atom is 0.360 e. The number of oxazole rings is 1. The molecule has 0 unspecified atom stereocenters. The zero-order chi connectivity index (χ0) is 13.8. The van der Waals surface area contributed by atoms with Gasteiger partial charge in [0.05, 0.1) is 6.61 Å². The van der Waals surface area contributed by atoms with E-state index in [-0.39, 0.29) is 24.0 Å². The van der Waals surface area contributed by atoms with Crippen LogP contribution in [0.15, 0.2) is 33.8 Å². The average Bonchev–Trinajstić information content (AvgIpc) is 2.88. The molecule has 0 amide bonds. The molecule has 6 heteroatoms. The Morgan fingerprint density at radius 1 is 1.53 bits per heavy atom. The second kappa shape index (κ2) is 5.88. The normalized spacial score (nSPS) is 10.5. The summed E-state index contributed by atoms with van der Waals surface area (Å²) >= 11 is 1.32. The lowest BCUT2D eigenvalue weighted by Gasteiger charge is -2.00. The molecule has 0 saturated carbocycles. The number of nitrogens with zero attached hydrogens (tertiary/aromatic N) is 1. The molecule has 1 heterocycles. The molecule has 19 heavy (non-hydrogen) atoms. The first-order chi connectivity index (χ1) is 9.15. The molecule has 0 aliphatic heterocycles. The minimum absolute atomic E-state index is 0.0752. The standard InChI is InChI=1S/C13H12FNO3S/c1-3-17-13(16)10-7-18-12(15-10)8-4-5-11(19-2)9(14)6-8/h4-7H,3H2,1-2H3. The summed E-state index contributed by atoms with van der Waals surface area (Å²) < 4.78 is 23.6. The third-order valence-electron chi connectivity index (χ3n) is 2.39. The molecular weight excluding hydrogens is 269 g/mol. The van der Waals surface area contributed by atoms with Crippen molar-refractivity contribution in [1.29, 1.82) is 0 Å². The van der Waals surface area contributed by atoms with Crippen molar-refractivity contribution in [2.75, 3.05) is 12.9 Å². The Labute approximate surface area is 114 Å². The largest absolute Gasteiger partial charge is 0.461 e. The lowest BCUT2D eigenvalue weighted by atomic mass is 10.2. The molecule has 2 rings (SSSR count). The van der Waals surface area contributed by atoms with Gasteiger partial charge < -0.3 is 9.15 Å². The van der Waals surface area contributed by atoms with Crippen LogP contribution in [0.4, 0.5) is 4.39 Å². The van der Waals surface area contributed by atoms with Crippen molar-refractivity contribution in [3.05, 3.63) is 36.0 Å². The van der Waals surface area contributed by atoms with E-state index in [1.54, 1.807) is 25.3 Å². The first kappa shape index (κ1) is 13.6. The van der Waals surface area contributed by atoms with E-state index in [1.807, 2.05) is 0 Å². The first-order valence-corrected chi connectivity index (χ1v) is 6.84. The van der Waals surface area contributed by atoms with Gasteiger partial charge in [0.1, 0.15) is 12.1 Å². The van der Waals surface area contributed by atoms with Crippen LogP contribution in [0.1, 0.15) is 17.4 Å². The van der Waals surface area contributed by atoms with Crippen LogP contribution >= 0.6 is 11.8 Å². The number of halogens is 1. The minimum Gasteiger partial charge on any atom is -0.461 e. The number of carbonyl (C=O) groups is 1. The fourth-order valence-electron chi connectivity index (χ4n) is 1.50. The maximum absolute atomic E-state index is 13.6. The second-order valence-corrected chi connectivity index (χ2v) is 4.46. The van der Waals surface area contributed by atoms with E-state index in [0.29, 0.717) is 10.5 Å². The number of carbonyl (C=O) groups excluding carboxylic acids is 1. The maximum atomic E-state index is 13.6. The Bertz CT molecular complexity index is 597. The molecule has 0 atom stereocenters. The average molecular weight is 281 g/mol. The molecule has 4 nitrogen and oxygen atoms in total. The minimum atomic E-state index is -0.557. The van der Waals surface area contributed by atoms with E-state index in [1.165, 1.54) is 24.1 Å². The zero-order valence-corrected chi connectivity index (χ0v) is 11.3. The fraction of sp³-hybridized carbons (Fsp3) is 0.231. The van der Waals surface area contributed by atoms with Crippen LogP contribution in [0, 0.1) is 5.82 Å². The third-order valence-corrected chi connectivity index (χ3v) is 3.16. The second-order valence-electron chi connectivity index (χ2n) is 3.61. The quantitative estimate of drug-likeness (QED) is 0.635. The van der Waals surface area contributed by atoms with E-state index in [9.17, 15) is 9.18 Å². The Balaban J connectivity index is 2.27. The smallest absolute Gasteiger partial charge is 0.360 e. The zero-order valence-electron chi connectivity index (χ0n) is 10.5. The summed E-state index contributed by atoms with van der Waals surface area (Å²) in [4.78, 5) is 16.0. The summed E-state index contributed by atoms with van der Waals surface area (Å²) in [6, 6.07) is 4.66. The van der Waals surface area contributed by atoms with Crippen molar-refractivity contribution < 1.29 is 18.3 Å². The summed E-state index contributed by atoms with van der Waals surface area (Å²) in [5, 5.41) is 0. The number of ether oxygens (including phenoxy) is 1. The molecule has 0 bridgehead atoms. The Morgan fingerprint density at radius 2 is 2.32 bits per heavy atom. The predicted octanol–water partition coefficient (Wildman–Crippen LogP) is 3.38. The lowest BCUT2D eigenvalue weighted by molar-refractivity contribution is 0.0519. The Kier molecular flexibility index (Phi) is 4.21. The summed E-state index contributed by atoms with van der Waals surface area (Å²) in [6.07, 6.45) is 3.00. The molecule has 100 valence electrons. The van der Waals surface area contributed by atoms with Gasteiger partial charge in [0.2, 0.25) is 5.89 Å². The van der Waals surface area contributed by atoms with Crippen molar-refractivity contribution in [1.82, 2.24) is 4.98 Å². The summed E-state index contributed by atoms with van der Waals surface area (Å²) in [5.74, 6) is -0.714. The van der Waals surface area contributed by atoms with Gasteiger partial charge in [-0.25, -0.2) is 14.2 Å². The summed E-state index contributed by atoms with van der Waals surface area (Å²) in [7, 11) is 0. The van der Waals surface area contributed by atoms with Crippen LogP contribution in [-0.4, -0.2) is 23.8 Å². The number of hydrogen-bond acceptors (Lipinski definition) is 5. The highest BCUT2D eigenvalue weighted by Gasteiger charge is 2.15. The predicted molar refractivity (Wildman–Crippen MR) is 69.6 cm³/mol. The highest BCUT2D eigenvalue weighted by molar-refractivity contribution is 7.98. The highest BCUT2D eigenvalue weighted by atomic mass is 32.2. The Morgan fingerprint density at radius 3 is 2.95 bits per heavy atom. The van der Waals surface area contributed by atoms with E-state index in [0.717, 1.165) is 0 Å². The molecule has 0 radical (unpaired) electrons. The highest BCUT2D eigenvalue weighted by Crippen LogP contribution is 2.25. The van der Waals surface area contributed by atoms with Gasteiger partial charge in [-0.05, 0) is 31.4 Å². The molecule has 0 fully saturated rings. The molecule has 0 aliphatic rings. The fourth-order valence-corrected chi connectivity index (χ4v) is 1.96.